The molecule has 0 aromatic heterocycles. The van der Waals surface area contributed by atoms with Crippen molar-refractivity contribution in [2.24, 2.45) is 0 Å². The summed E-state index contributed by atoms with van der Waals surface area (Å²) in [6.07, 6.45) is 0. The second kappa shape index (κ2) is 6.45. The van der Waals surface area contributed by atoms with E-state index >= 15 is 0 Å². The van der Waals surface area contributed by atoms with E-state index in [1.54, 1.807) is 31.4 Å². The molecule has 0 bridgehead atoms. The van der Waals surface area contributed by atoms with Crippen LogP contribution in [-0.4, -0.2) is 30.4 Å². The predicted molar refractivity (Wildman–Crippen MR) is 66.4 cm³/mol. The summed E-state index contributed by atoms with van der Waals surface area (Å²) >= 11 is 10.3. The number of methoxy groups -OCH3 is 1. The minimum Gasteiger partial charge on any atom is -0.497 e. The van der Waals surface area contributed by atoms with Crippen LogP contribution in [0.3, 0.4) is 0 Å². The molecule has 0 radical (unpaired) electrons. The second-order valence-electron chi connectivity index (χ2n) is 2.98. The molecule has 0 amide bonds. The number of alkyl halides is 1. The van der Waals surface area contributed by atoms with Crippen molar-refractivity contribution in [1.82, 2.24) is 0 Å². The Hall–Kier alpha value is -1.13. The maximum atomic E-state index is 10.9. The van der Waals surface area contributed by atoms with Gasteiger partial charge in [-0.1, -0.05) is 0 Å². The number of thiocarbonyl (C=S) groups is 1. The van der Waals surface area contributed by atoms with E-state index in [9.17, 15) is 4.79 Å². The molecule has 0 aliphatic heterocycles. The van der Waals surface area contributed by atoms with Crippen LogP contribution in [0.1, 0.15) is 5.56 Å². The zero-order valence-corrected chi connectivity index (χ0v) is 10.3. The highest BCUT2D eigenvalue weighted by molar-refractivity contribution is 7.80. The van der Waals surface area contributed by atoms with Gasteiger partial charge in [-0.05, 0) is 36.5 Å². The largest absolute Gasteiger partial charge is 0.497 e. The lowest BCUT2D eigenvalue weighted by Gasteiger charge is -2.06. The number of Topliss-reactive ketones (excluding diaryl/α,β-unsaturated/α-hetero) is 1. The first-order chi connectivity index (χ1) is 7.67. The quantitative estimate of drug-likeness (QED) is 0.599. The SMILES string of the molecule is COc1ccc(C(=S)OCC(=O)CCl)cc1. The van der Waals surface area contributed by atoms with Gasteiger partial charge < -0.3 is 9.47 Å². The lowest BCUT2D eigenvalue weighted by Crippen LogP contribution is -2.14. The number of carbonyl (C=O) groups is 1. The van der Waals surface area contributed by atoms with E-state index in [0.29, 0.717) is 0 Å². The third-order valence-electron chi connectivity index (χ3n) is 1.84. The summed E-state index contributed by atoms with van der Waals surface area (Å²) in [7, 11) is 1.59. The zero-order chi connectivity index (χ0) is 12.0. The first kappa shape index (κ1) is 12.9. The fourth-order valence-corrected chi connectivity index (χ4v) is 1.27. The summed E-state index contributed by atoms with van der Waals surface area (Å²) in [6, 6.07) is 7.08. The van der Waals surface area contributed by atoms with Crippen LogP contribution in [0.5, 0.6) is 5.75 Å². The molecule has 0 saturated heterocycles. The van der Waals surface area contributed by atoms with Crippen LogP contribution in [0, 0.1) is 0 Å². The van der Waals surface area contributed by atoms with Gasteiger partial charge in [-0.2, -0.15) is 0 Å². The molecule has 0 aliphatic rings. The van der Waals surface area contributed by atoms with E-state index in [2.05, 4.69) is 0 Å². The number of rotatable bonds is 5. The summed E-state index contributed by atoms with van der Waals surface area (Å²) in [4.78, 5) is 10.9. The van der Waals surface area contributed by atoms with Gasteiger partial charge in [0.05, 0.1) is 13.0 Å². The molecule has 0 saturated carbocycles. The maximum absolute atomic E-state index is 10.9. The Morgan fingerprint density at radius 3 is 2.50 bits per heavy atom. The van der Waals surface area contributed by atoms with Crippen molar-refractivity contribution in [1.29, 1.82) is 0 Å². The van der Waals surface area contributed by atoms with Gasteiger partial charge in [0.25, 0.3) is 0 Å². The Morgan fingerprint density at radius 1 is 1.38 bits per heavy atom. The molecule has 86 valence electrons. The minimum absolute atomic E-state index is 0.0643. The molecule has 1 aromatic carbocycles. The molecule has 1 aromatic rings. The molecule has 0 unspecified atom stereocenters. The maximum Gasteiger partial charge on any atom is 0.191 e. The average Bonchev–Trinajstić information content (AvgIpc) is 2.35. The molecule has 0 atom stereocenters. The number of carbonyl (C=O) groups excluding carboxylic acids is 1. The van der Waals surface area contributed by atoms with Crippen molar-refractivity contribution in [2.75, 3.05) is 19.6 Å². The normalized spacial score (nSPS) is 9.62. The molecule has 3 nitrogen and oxygen atoms in total. The molecule has 1 rings (SSSR count). The fourth-order valence-electron chi connectivity index (χ4n) is 0.995. The Bertz CT molecular complexity index is 375. The minimum atomic E-state index is -0.197. The number of ketones is 1. The van der Waals surface area contributed by atoms with Crippen molar-refractivity contribution < 1.29 is 14.3 Å². The molecule has 16 heavy (non-hydrogen) atoms. The van der Waals surface area contributed by atoms with Crippen LogP contribution >= 0.6 is 23.8 Å². The highest BCUT2D eigenvalue weighted by Crippen LogP contribution is 2.12. The van der Waals surface area contributed by atoms with E-state index in [4.69, 9.17) is 33.3 Å². The van der Waals surface area contributed by atoms with E-state index < -0.39 is 0 Å². The van der Waals surface area contributed by atoms with E-state index in [-0.39, 0.29) is 23.3 Å². The number of ether oxygens (including phenoxy) is 2. The van der Waals surface area contributed by atoms with Gasteiger partial charge in [-0.25, -0.2) is 0 Å². The van der Waals surface area contributed by atoms with Gasteiger partial charge in [-0.15, -0.1) is 11.6 Å². The van der Waals surface area contributed by atoms with E-state index in [0.717, 1.165) is 11.3 Å². The lowest BCUT2D eigenvalue weighted by molar-refractivity contribution is -0.118. The molecule has 0 spiro atoms. The molecular formula is C11H11ClO3S. The topological polar surface area (TPSA) is 35.5 Å². The van der Waals surface area contributed by atoms with Crippen LogP contribution in [0.2, 0.25) is 0 Å². The first-order valence-corrected chi connectivity index (χ1v) is 5.50. The molecule has 0 fully saturated rings. The Kier molecular flexibility index (Phi) is 5.22. The third-order valence-corrected chi connectivity index (χ3v) is 2.49. The van der Waals surface area contributed by atoms with Crippen LogP contribution in [0.25, 0.3) is 0 Å². The van der Waals surface area contributed by atoms with Gasteiger partial charge in [-0.3, -0.25) is 4.79 Å². The van der Waals surface area contributed by atoms with Crippen LogP contribution in [-0.2, 0) is 9.53 Å². The summed E-state index contributed by atoms with van der Waals surface area (Å²) in [5.41, 5.74) is 0.734. The summed E-state index contributed by atoms with van der Waals surface area (Å²) in [5, 5.41) is 0.279. The summed E-state index contributed by atoms with van der Waals surface area (Å²) < 4.78 is 10.1. The van der Waals surface area contributed by atoms with Crippen LogP contribution in [0.4, 0.5) is 0 Å². The Balaban J connectivity index is 2.56. The van der Waals surface area contributed by atoms with E-state index in [1.807, 2.05) is 0 Å². The standard InChI is InChI=1S/C11H11ClO3S/c1-14-10-4-2-8(3-5-10)11(16)15-7-9(13)6-12/h2-5H,6-7H2,1H3. The lowest BCUT2D eigenvalue weighted by atomic mass is 10.2. The van der Waals surface area contributed by atoms with Crippen LogP contribution in [0.15, 0.2) is 24.3 Å². The number of hydrogen-bond acceptors (Lipinski definition) is 4. The van der Waals surface area contributed by atoms with Gasteiger partial charge in [0.15, 0.2) is 10.8 Å². The highest BCUT2D eigenvalue weighted by atomic mass is 35.5. The van der Waals surface area contributed by atoms with Crippen molar-refractivity contribution in [3.63, 3.8) is 0 Å². The zero-order valence-electron chi connectivity index (χ0n) is 8.73. The van der Waals surface area contributed by atoms with Gasteiger partial charge >= 0.3 is 0 Å². The van der Waals surface area contributed by atoms with Crippen LogP contribution < -0.4 is 4.74 Å². The predicted octanol–water partition coefficient (Wildman–Crippen LogP) is 2.20. The molecule has 0 heterocycles. The number of benzene rings is 1. The summed E-state index contributed by atoms with van der Waals surface area (Å²) in [5.74, 6) is 0.478. The van der Waals surface area contributed by atoms with Gasteiger partial charge in [0.1, 0.15) is 12.4 Å². The van der Waals surface area contributed by atoms with Crippen molar-refractivity contribution >= 4 is 34.7 Å². The molecular weight excluding hydrogens is 248 g/mol. The molecule has 0 N–H and O–H groups in total. The van der Waals surface area contributed by atoms with Gasteiger partial charge in [0, 0.05) is 5.56 Å². The smallest absolute Gasteiger partial charge is 0.191 e. The number of halogens is 1. The fraction of sp³-hybridized carbons (Fsp3) is 0.273. The average molecular weight is 259 g/mol. The first-order valence-electron chi connectivity index (χ1n) is 4.56. The Morgan fingerprint density at radius 2 is 2.00 bits per heavy atom. The van der Waals surface area contributed by atoms with Gasteiger partial charge in [0.2, 0.25) is 0 Å². The van der Waals surface area contributed by atoms with Crippen molar-refractivity contribution in [3.8, 4) is 5.75 Å². The second-order valence-corrected chi connectivity index (χ2v) is 3.61. The van der Waals surface area contributed by atoms with Crippen molar-refractivity contribution in [3.05, 3.63) is 29.8 Å². The third kappa shape index (κ3) is 3.79. The Labute approximate surface area is 104 Å². The monoisotopic (exact) mass is 258 g/mol. The highest BCUT2D eigenvalue weighted by Gasteiger charge is 2.05. The number of hydrogen-bond donors (Lipinski definition) is 0. The molecule has 5 heteroatoms. The van der Waals surface area contributed by atoms with Crippen molar-refractivity contribution in [2.45, 2.75) is 0 Å². The molecule has 0 aliphatic carbocycles. The van der Waals surface area contributed by atoms with E-state index in [1.165, 1.54) is 0 Å². The summed E-state index contributed by atoms with van der Waals surface area (Å²) in [6.45, 7) is -0.0889.